The summed E-state index contributed by atoms with van der Waals surface area (Å²) in [5.74, 6) is 0. The van der Waals surface area contributed by atoms with E-state index in [0.29, 0.717) is 11.3 Å². The highest BCUT2D eigenvalue weighted by Crippen LogP contribution is 2.37. The lowest BCUT2D eigenvalue weighted by Crippen LogP contribution is -2.53. The second kappa shape index (κ2) is 5.31. The van der Waals surface area contributed by atoms with E-state index in [-0.39, 0.29) is 28.3 Å². The van der Waals surface area contributed by atoms with Gasteiger partial charge in [-0.2, -0.15) is 4.31 Å². The summed E-state index contributed by atoms with van der Waals surface area (Å²) < 4.78 is 30.3. The van der Waals surface area contributed by atoms with E-state index in [2.05, 4.69) is 0 Å². The van der Waals surface area contributed by atoms with Crippen LogP contribution < -0.4 is 5.73 Å². The van der Waals surface area contributed by atoms with Crippen molar-refractivity contribution in [2.24, 2.45) is 5.73 Å². The number of ether oxygens (including phenoxy) is 1. The number of sulfonamides is 1. The van der Waals surface area contributed by atoms with E-state index in [4.69, 9.17) is 22.1 Å². The van der Waals surface area contributed by atoms with E-state index in [1.54, 1.807) is 0 Å². The average Bonchev–Trinajstić information content (AvgIpc) is 2.72. The maximum atomic E-state index is 12.3. The average molecular weight is 328 g/mol. The van der Waals surface area contributed by atoms with Crippen molar-refractivity contribution in [3.05, 3.63) is 20.5 Å². The topological polar surface area (TPSA) is 116 Å². The highest BCUT2D eigenvalue weighted by Gasteiger charge is 2.35. The van der Waals surface area contributed by atoms with Crippen molar-refractivity contribution in [2.75, 3.05) is 19.8 Å². The number of thiophene rings is 1. The number of nitro groups is 1. The lowest BCUT2D eigenvalue weighted by Gasteiger charge is -2.31. The molecule has 19 heavy (non-hydrogen) atoms. The van der Waals surface area contributed by atoms with Crippen LogP contribution in [0.25, 0.3) is 0 Å². The van der Waals surface area contributed by atoms with Gasteiger partial charge < -0.3 is 10.5 Å². The summed E-state index contributed by atoms with van der Waals surface area (Å²) >= 11 is 6.30. The van der Waals surface area contributed by atoms with Gasteiger partial charge in [0.05, 0.1) is 24.3 Å². The first-order chi connectivity index (χ1) is 8.84. The third-order valence-corrected chi connectivity index (χ3v) is 6.23. The Hall–Kier alpha value is -0.780. The van der Waals surface area contributed by atoms with Crippen molar-refractivity contribution in [3.63, 3.8) is 0 Å². The molecule has 1 fully saturated rings. The van der Waals surface area contributed by atoms with E-state index in [9.17, 15) is 18.5 Å². The minimum absolute atomic E-state index is 0.0838. The molecule has 1 aromatic rings. The van der Waals surface area contributed by atoms with E-state index in [1.807, 2.05) is 0 Å². The zero-order valence-corrected chi connectivity index (χ0v) is 11.9. The Morgan fingerprint density at radius 1 is 1.63 bits per heavy atom. The summed E-state index contributed by atoms with van der Waals surface area (Å²) in [5, 5.41) is 10.7. The monoisotopic (exact) mass is 327 g/mol. The lowest BCUT2D eigenvalue weighted by molar-refractivity contribution is -0.384. The molecule has 0 bridgehead atoms. The van der Waals surface area contributed by atoms with Crippen LogP contribution in [-0.2, 0) is 14.8 Å². The van der Waals surface area contributed by atoms with Crippen LogP contribution in [-0.4, -0.2) is 43.6 Å². The van der Waals surface area contributed by atoms with Crippen molar-refractivity contribution >= 4 is 38.6 Å². The zero-order valence-electron chi connectivity index (χ0n) is 9.48. The van der Waals surface area contributed by atoms with E-state index in [1.165, 1.54) is 0 Å². The van der Waals surface area contributed by atoms with Crippen molar-refractivity contribution in [2.45, 2.75) is 10.4 Å². The van der Waals surface area contributed by atoms with Gasteiger partial charge in [0.2, 0.25) is 0 Å². The quantitative estimate of drug-likeness (QED) is 0.642. The maximum Gasteiger partial charge on any atom is 0.300 e. The largest absolute Gasteiger partial charge is 0.377 e. The van der Waals surface area contributed by atoms with Gasteiger partial charge in [-0.15, -0.1) is 11.3 Å². The lowest BCUT2D eigenvalue weighted by atomic mass is 10.4. The molecule has 106 valence electrons. The third kappa shape index (κ3) is 2.73. The Bertz CT molecular complexity index is 602. The highest BCUT2D eigenvalue weighted by molar-refractivity contribution is 7.91. The van der Waals surface area contributed by atoms with Crippen molar-refractivity contribution in [1.29, 1.82) is 0 Å². The Kier molecular flexibility index (Phi) is 4.08. The predicted octanol–water partition coefficient (Wildman–Crippen LogP) is 0.615. The molecule has 11 heteroatoms. The fourth-order valence-electron chi connectivity index (χ4n) is 1.61. The summed E-state index contributed by atoms with van der Waals surface area (Å²) in [6, 6.07) is 0.949. The van der Waals surface area contributed by atoms with Gasteiger partial charge in [-0.05, 0) is 0 Å². The van der Waals surface area contributed by atoms with Gasteiger partial charge in [-0.1, -0.05) is 11.6 Å². The van der Waals surface area contributed by atoms with Gasteiger partial charge in [-0.25, -0.2) is 8.42 Å². The van der Waals surface area contributed by atoms with Crippen LogP contribution in [0.1, 0.15) is 0 Å². The van der Waals surface area contributed by atoms with Crippen LogP contribution in [0, 0.1) is 10.1 Å². The first-order valence-electron chi connectivity index (χ1n) is 5.13. The molecule has 1 aliphatic heterocycles. The molecule has 0 aromatic carbocycles. The van der Waals surface area contributed by atoms with Gasteiger partial charge in [0, 0.05) is 12.6 Å². The van der Waals surface area contributed by atoms with Crippen LogP contribution in [0.4, 0.5) is 5.69 Å². The van der Waals surface area contributed by atoms with Gasteiger partial charge in [0.1, 0.15) is 4.21 Å². The van der Waals surface area contributed by atoms with E-state index >= 15 is 0 Å². The summed E-state index contributed by atoms with van der Waals surface area (Å²) in [6.07, 6.45) is -0.807. The maximum absolute atomic E-state index is 12.3. The summed E-state index contributed by atoms with van der Waals surface area (Å²) in [5.41, 5.74) is 5.24. The number of nitrogens with zero attached hydrogens (tertiary/aromatic N) is 2. The minimum atomic E-state index is -3.89. The molecule has 0 radical (unpaired) electrons. The van der Waals surface area contributed by atoms with Crippen molar-refractivity contribution in [3.8, 4) is 0 Å². The number of hydrogen-bond acceptors (Lipinski definition) is 7. The van der Waals surface area contributed by atoms with Crippen LogP contribution in [0.15, 0.2) is 10.3 Å². The van der Waals surface area contributed by atoms with E-state index in [0.717, 1.165) is 10.4 Å². The van der Waals surface area contributed by atoms with Crippen LogP contribution in [0.5, 0.6) is 0 Å². The molecule has 0 saturated carbocycles. The normalized spacial score (nSPS) is 21.5. The molecule has 0 amide bonds. The number of rotatable bonds is 3. The SMILES string of the molecule is NC1COCCN1S(=O)(=O)c1cc([N+](=O)[O-])c(Cl)s1. The van der Waals surface area contributed by atoms with Crippen LogP contribution in [0.2, 0.25) is 4.34 Å². The molecule has 1 unspecified atom stereocenters. The Morgan fingerprint density at radius 3 is 2.84 bits per heavy atom. The number of nitrogens with two attached hydrogens (primary N) is 1. The standard InChI is InChI=1S/C8H10ClN3O5S2/c9-8-5(12(13)14)3-7(18-8)19(15,16)11-1-2-17-4-6(11)10/h3,6H,1-2,4,10H2. The molecule has 1 aliphatic rings. The smallest absolute Gasteiger partial charge is 0.300 e. The summed E-state index contributed by atoms with van der Waals surface area (Å²) in [6.45, 7) is 0.418. The number of hydrogen-bond donors (Lipinski definition) is 1. The molecule has 2 heterocycles. The molecule has 1 aromatic heterocycles. The molecule has 8 nitrogen and oxygen atoms in total. The molecule has 0 aliphatic carbocycles. The molecule has 1 atom stereocenters. The second-order valence-corrected chi connectivity index (χ2v) is 7.51. The third-order valence-electron chi connectivity index (χ3n) is 2.52. The molecule has 2 N–H and O–H groups in total. The first kappa shape index (κ1) is 14.6. The molecular weight excluding hydrogens is 318 g/mol. The van der Waals surface area contributed by atoms with Crippen LogP contribution in [0.3, 0.4) is 0 Å². The molecule has 0 spiro atoms. The summed E-state index contributed by atoms with van der Waals surface area (Å²) in [7, 11) is -3.89. The number of morpholine rings is 1. The van der Waals surface area contributed by atoms with Crippen LogP contribution >= 0.6 is 22.9 Å². The second-order valence-electron chi connectivity index (χ2n) is 3.74. The predicted molar refractivity (Wildman–Crippen MR) is 68.7 cm³/mol. The fraction of sp³-hybridized carbons (Fsp3) is 0.500. The Balaban J connectivity index is 2.39. The van der Waals surface area contributed by atoms with Gasteiger partial charge in [-0.3, -0.25) is 10.1 Å². The molecule has 2 rings (SSSR count). The highest BCUT2D eigenvalue weighted by atomic mass is 35.5. The van der Waals surface area contributed by atoms with Gasteiger partial charge in [0.25, 0.3) is 15.7 Å². The minimum Gasteiger partial charge on any atom is -0.377 e. The van der Waals surface area contributed by atoms with Gasteiger partial charge >= 0.3 is 0 Å². The van der Waals surface area contributed by atoms with E-state index < -0.39 is 26.8 Å². The summed E-state index contributed by atoms with van der Waals surface area (Å²) in [4.78, 5) is 9.95. The van der Waals surface area contributed by atoms with Crippen molar-refractivity contribution in [1.82, 2.24) is 4.31 Å². The first-order valence-corrected chi connectivity index (χ1v) is 7.76. The molecule has 1 saturated heterocycles. The van der Waals surface area contributed by atoms with Crippen molar-refractivity contribution < 1.29 is 18.1 Å². The molecular formula is C8H10ClN3O5S2. The number of halogens is 1. The van der Waals surface area contributed by atoms with Gasteiger partial charge in [0.15, 0.2) is 4.34 Å². The zero-order chi connectivity index (χ0) is 14.2. The Labute approximate surface area is 117 Å². The Morgan fingerprint density at radius 2 is 2.32 bits per heavy atom. The fourth-order valence-corrected chi connectivity index (χ4v) is 4.89.